The molecule has 1 saturated heterocycles. The number of rotatable bonds is 2. The van der Waals surface area contributed by atoms with Crippen LogP contribution in [0.4, 0.5) is 11.5 Å². The fourth-order valence-electron chi connectivity index (χ4n) is 2.42. The molecule has 2 heterocycles. The fourth-order valence-corrected chi connectivity index (χ4v) is 2.42. The Morgan fingerprint density at radius 3 is 2.32 bits per heavy atom. The van der Waals surface area contributed by atoms with E-state index in [-0.39, 0.29) is 17.7 Å². The van der Waals surface area contributed by atoms with E-state index in [1.54, 1.807) is 0 Å². The first-order valence-corrected chi connectivity index (χ1v) is 6.98. The number of pyridine rings is 1. The maximum Gasteiger partial charge on any atom is 0.126 e. The normalized spacial score (nSPS) is 24.4. The second kappa shape index (κ2) is 5.37. The maximum atomic E-state index is 5.75. The maximum absolute atomic E-state index is 5.75. The molecule has 1 fully saturated rings. The molecule has 1 aliphatic heterocycles. The molecule has 1 aromatic rings. The van der Waals surface area contributed by atoms with Crippen LogP contribution < -0.4 is 10.2 Å². The molecule has 0 aliphatic carbocycles. The Labute approximate surface area is 116 Å². The minimum Gasteiger partial charge on any atom is -0.372 e. The first-order valence-electron chi connectivity index (χ1n) is 6.98. The van der Waals surface area contributed by atoms with Crippen LogP contribution in [0.15, 0.2) is 18.3 Å². The molecule has 0 radical (unpaired) electrons. The van der Waals surface area contributed by atoms with E-state index in [1.807, 2.05) is 12.3 Å². The van der Waals surface area contributed by atoms with Crippen molar-refractivity contribution in [3.05, 3.63) is 18.3 Å². The third-order valence-corrected chi connectivity index (χ3v) is 3.04. The number of anilines is 2. The molecule has 2 atom stereocenters. The Morgan fingerprint density at radius 1 is 1.21 bits per heavy atom. The summed E-state index contributed by atoms with van der Waals surface area (Å²) in [6.07, 6.45) is 2.49. The molecule has 1 N–H and O–H groups in total. The summed E-state index contributed by atoms with van der Waals surface area (Å²) in [6.45, 7) is 12.5. The molecule has 0 aromatic carbocycles. The molecule has 0 bridgehead atoms. The summed E-state index contributed by atoms with van der Waals surface area (Å²) in [5.74, 6) is 0.922. The topological polar surface area (TPSA) is 37.4 Å². The number of nitrogens with one attached hydrogen (secondary N) is 1. The van der Waals surface area contributed by atoms with Gasteiger partial charge in [-0.15, -0.1) is 0 Å². The van der Waals surface area contributed by atoms with Crippen LogP contribution in [-0.2, 0) is 4.74 Å². The van der Waals surface area contributed by atoms with Gasteiger partial charge in [0.25, 0.3) is 0 Å². The molecule has 106 valence electrons. The first kappa shape index (κ1) is 14.1. The number of morpholine rings is 1. The van der Waals surface area contributed by atoms with E-state index in [0.717, 1.165) is 18.9 Å². The van der Waals surface area contributed by atoms with Crippen LogP contribution >= 0.6 is 0 Å². The lowest BCUT2D eigenvalue weighted by Crippen LogP contribution is -2.45. The molecular weight excluding hydrogens is 238 g/mol. The van der Waals surface area contributed by atoms with Gasteiger partial charge in [0.05, 0.1) is 24.1 Å². The SMILES string of the molecule is CC1CN(c2ccc(NC(C)(C)C)nc2)CC(C)O1. The Balaban J connectivity index is 2.05. The molecule has 1 aliphatic rings. The van der Waals surface area contributed by atoms with Crippen LogP contribution in [0.1, 0.15) is 34.6 Å². The average molecular weight is 263 g/mol. The molecule has 19 heavy (non-hydrogen) atoms. The highest BCUT2D eigenvalue weighted by molar-refractivity contribution is 5.50. The number of hydrogen-bond acceptors (Lipinski definition) is 4. The summed E-state index contributed by atoms with van der Waals surface area (Å²) in [4.78, 5) is 6.84. The van der Waals surface area contributed by atoms with Crippen LogP contribution in [0.25, 0.3) is 0 Å². The van der Waals surface area contributed by atoms with Gasteiger partial charge in [0, 0.05) is 18.6 Å². The van der Waals surface area contributed by atoms with E-state index >= 15 is 0 Å². The van der Waals surface area contributed by atoms with Crippen LogP contribution in [0.3, 0.4) is 0 Å². The van der Waals surface area contributed by atoms with Gasteiger partial charge in [-0.1, -0.05) is 0 Å². The van der Waals surface area contributed by atoms with Gasteiger partial charge >= 0.3 is 0 Å². The van der Waals surface area contributed by atoms with E-state index in [4.69, 9.17) is 4.74 Å². The molecule has 4 heteroatoms. The summed E-state index contributed by atoms with van der Waals surface area (Å²) in [6, 6.07) is 4.18. The van der Waals surface area contributed by atoms with Crippen molar-refractivity contribution in [2.75, 3.05) is 23.3 Å². The summed E-state index contributed by atoms with van der Waals surface area (Å²) >= 11 is 0. The largest absolute Gasteiger partial charge is 0.372 e. The predicted molar refractivity (Wildman–Crippen MR) is 79.8 cm³/mol. The Kier molecular flexibility index (Phi) is 3.99. The van der Waals surface area contributed by atoms with Crippen molar-refractivity contribution in [2.24, 2.45) is 0 Å². The molecule has 2 unspecified atom stereocenters. The molecule has 0 amide bonds. The van der Waals surface area contributed by atoms with Crippen molar-refractivity contribution in [1.29, 1.82) is 0 Å². The van der Waals surface area contributed by atoms with Gasteiger partial charge in [-0.25, -0.2) is 4.98 Å². The number of nitrogens with zero attached hydrogens (tertiary/aromatic N) is 2. The molecular formula is C15H25N3O. The average Bonchev–Trinajstić information content (AvgIpc) is 2.26. The van der Waals surface area contributed by atoms with Gasteiger partial charge in [-0.2, -0.15) is 0 Å². The van der Waals surface area contributed by atoms with Gasteiger partial charge in [0.2, 0.25) is 0 Å². The molecule has 4 nitrogen and oxygen atoms in total. The van der Waals surface area contributed by atoms with Crippen LogP contribution in [0, 0.1) is 0 Å². The van der Waals surface area contributed by atoms with Crippen LogP contribution in [0.5, 0.6) is 0 Å². The van der Waals surface area contributed by atoms with Crippen molar-refractivity contribution in [1.82, 2.24) is 4.98 Å². The van der Waals surface area contributed by atoms with E-state index < -0.39 is 0 Å². The Morgan fingerprint density at radius 2 is 1.84 bits per heavy atom. The van der Waals surface area contributed by atoms with Crippen LogP contribution in [-0.4, -0.2) is 35.8 Å². The number of ether oxygens (including phenoxy) is 1. The Hall–Kier alpha value is -1.29. The number of hydrogen-bond donors (Lipinski definition) is 1. The van der Waals surface area contributed by atoms with E-state index in [9.17, 15) is 0 Å². The molecule has 0 saturated carbocycles. The highest BCUT2D eigenvalue weighted by Crippen LogP contribution is 2.21. The summed E-state index contributed by atoms with van der Waals surface area (Å²) < 4.78 is 5.75. The second-order valence-corrected chi connectivity index (χ2v) is 6.44. The minimum absolute atomic E-state index is 0.0382. The van der Waals surface area contributed by atoms with Gasteiger partial charge < -0.3 is 15.0 Å². The summed E-state index contributed by atoms with van der Waals surface area (Å²) in [5.41, 5.74) is 1.21. The third-order valence-electron chi connectivity index (χ3n) is 3.04. The lowest BCUT2D eigenvalue weighted by molar-refractivity contribution is -0.00523. The zero-order valence-electron chi connectivity index (χ0n) is 12.6. The fraction of sp³-hybridized carbons (Fsp3) is 0.667. The monoisotopic (exact) mass is 263 g/mol. The quantitative estimate of drug-likeness (QED) is 0.890. The lowest BCUT2D eigenvalue weighted by atomic mass is 10.1. The Bertz CT molecular complexity index is 400. The standard InChI is InChI=1S/C15H25N3O/c1-11-9-18(10-12(2)19-11)13-6-7-14(16-8-13)17-15(3,4)5/h6-8,11-12H,9-10H2,1-5H3,(H,16,17). The summed E-state index contributed by atoms with van der Waals surface area (Å²) in [5, 5.41) is 3.37. The third kappa shape index (κ3) is 4.10. The lowest BCUT2D eigenvalue weighted by Gasteiger charge is -2.36. The molecule has 1 aromatic heterocycles. The zero-order chi connectivity index (χ0) is 14.0. The van der Waals surface area contributed by atoms with Crippen molar-refractivity contribution >= 4 is 11.5 Å². The number of aromatic nitrogens is 1. The van der Waals surface area contributed by atoms with Gasteiger partial charge in [-0.3, -0.25) is 0 Å². The molecule has 0 spiro atoms. The summed E-state index contributed by atoms with van der Waals surface area (Å²) in [7, 11) is 0. The smallest absolute Gasteiger partial charge is 0.126 e. The van der Waals surface area contributed by atoms with E-state index in [0.29, 0.717) is 0 Å². The van der Waals surface area contributed by atoms with E-state index in [2.05, 4.69) is 55.9 Å². The zero-order valence-corrected chi connectivity index (χ0v) is 12.6. The molecule has 2 rings (SSSR count). The van der Waals surface area contributed by atoms with Gasteiger partial charge in [0.15, 0.2) is 0 Å². The second-order valence-electron chi connectivity index (χ2n) is 6.44. The minimum atomic E-state index is 0.0382. The van der Waals surface area contributed by atoms with Gasteiger partial charge in [0.1, 0.15) is 5.82 Å². The van der Waals surface area contributed by atoms with Crippen molar-refractivity contribution in [2.45, 2.75) is 52.4 Å². The van der Waals surface area contributed by atoms with Crippen molar-refractivity contribution in [3.8, 4) is 0 Å². The van der Waals surface area contributed by atoms with Gasteiger partial charge in [-0.05, 0) is 46.8 Å². The first-order chi connectivity index (χ1) is 8.83. The van der Waals surface area contributed by atoms with Crippen molar-refractivity contribution in [3.63, 3.8) is 0 Å². The highest BCUT2D eigenvalue weighted by atomic mass is 16.5. The van der Waals surface area contributed by atoms with Crippen LogP contribution in [0.2, 0.25) is 0 Å². The predicted octanol–water partition coefficient (Wildman–Crippen LogP) is 2.91. The van der Waals surface area contributed by atoms with Crippen molar-refractivity contribution < 1.29 is 4.74 Å². The highest BCUT2D eigenvalue weighted by Gasteiger charge is 2.22. The van der Waals surface area contributed by atoms with E-state index in [1.165, 1.54) is 5.69 Å².